The van der Waals surface area contributed by atoms with E-state index in [0.717, 1.165) is 32.5 Å². The van der Waals surface area contributed by atoms with Crippen molar-refractivity contribution in [1.29, 1.82) is 0 Å². The maximum Gasteiger partial charge on any atom is 0.323 e. The molecule has 0 radical (unpaired) electrons. The van der Waals surface area contributed by atoms with Crippen LogP contribution < -0.4 is 20.9 Å². The Kier molecular flexibility index (Phi) is 7.28. The number of likely N-dealkylation sites (tertiary alicyclic amines) is 1. The number of allylic oxidation sites excluding steroid dienone is 2. The average molecular weight is 531 g/mol. The van der Waals surface area contributed by atoms with Gasteiger partial charge in [0.25, 0.3) is 11.5 Å². The Hall–Kier alpha value is -4.71. The summed E-state index contributed by atoms with van der Waals surface area (Å²) in [4.78, 5) is 51.0. The van der Waals surface area contributed by atoms with Crippen LogP contribution in [0, 0.1) is 0 Å². The molecule has 0 aliphatic carbocycles. The van der Waals surface area contributed by atoms with Gasteiger partial charge in [-0.3, -0.25) is 24.5 Å². The summed E-state index contributed by atoms with van der Waals surface area (Å²) in [6.45, 7) is 10.8. The van der Waals surface area contributed by atoms with Crippen LogP contribution >= 0.6 is 0 Å². The zero-order valence-corrected chi connectivity index (χ0v) is 21.7. The third-order valence-electron chi connectivity index (χ3n) is 6.67. The zero-order valence-electron chi connectivity index (χ0n) is 21.7. The van der Waals surface area contributed by atoms with E-state index in [2.05, 4.69) is 33.8 Å². The van der Waals surface area contributed by atoms with Crippen LogP contribution in [-0.4, -0.2) is 67.8 Å². The van der Waals surface area contributed by atoms with Crippen LogP contribution in [0.3, 0.4) is 0 Å². The Morgan fingerprint density at radius 1 is 1.03 bits per heavy atom. The van der Waals surface area contributed by atoms with Crippen LogP contribution in [0.5, 0.6) is 11.5 Å². The van der Waals surface area contributed by atoms with Crippen molar-refractivity contribution in [2.75, 3.05) is 37.3 Å². The molecule has 1 saturated heterocycles. The Morgan fingerprint density at radius 3 is 2.54 bits per heavy atom. The molecule has 0 spiro atoms. The molecule has 1 fully saturated rings. The standard InChI is InChI=1S/C27H30N8O4/c1-4-18(2)35-26(37)24(21-17-32(3)13-14-34(21)35)25(36)30-22-8-7-20(16-29-22)39-19-9-10-28-23(15-19)31-27(38)33-11-5-6-12-33/h4,7-10,15-16H,1-2,5-6,11-14,17H2,3H3,(H,28,31,38)(H,29,30,36). The maximum absolute atomic E-state index is 13.2. The molecule has 3 aromatic heterocycles. The number of carbonyl (C=O) groups is 2. The molecule has 2 aliphatic heterocycles. The fourth-order valence-corrected chi connectivity index (χ4v) is 4.67. The molecule has 5 rings (SSSR count). The summed E-state index contributed by atoms with van der Waals surface area (Å²) in [6.07, 6.45) is 6.49. The van der Waals surface area contributed by atoms with Gasteiger partial charge in [-0.25, -0.2) is 19.4 Å². The van der Waals surface area contributed by atoms with Gasteiger partial charge < -0.3 is 15.0 Å². The number of rotatable bonds is 7. The molecule has 5 heterocycles. The number of ether oxygens (including phenoxy) is 1. The Bertz CT molecular complexity index is 1480. The second kappa shape index (κ2) is 11.0. The minimum atomic E-state index is -0.552. The molecule has 0 saturated carbocycles. The first-order chi connectivity index (χ1) is 18.8. The predicted molar refractivity (Wildman–Crippen MR) is 147 cm³/mol. The van der Waals surface area contributed by atoms with Crippen LogP contribution in [0.15, 0.2) is 60.7 Å². The first kappa shape index (κ1) is 25.9. The quantitative estimate of drug-likeness (QED) is 0.449. The number of anilines is 2. The molecule has 0 unspecified atom stereocenters. The summed E-state index contributed by atoms with van der Waals surface area (Å²) in [6, 6.07) is 6.33. The number of urea groups is 1. The first-order valence-corrected chi connectivity index (χ1v) is 12.7. The Balaban J connectivity index is 1.28. The molecule has 2 N–H and O–H groups in total. The summed E-state index contributed by atoms with van der Waals surface area (Å²) >= 11 is 0. The van der Waals surface area contributed by atoms with Gasteiger partial charge in [-0.15, -0.1) is 0 Å². The molecule has 3 amide bonds. The second-order valence-electron chi connectivity index (χ2n) is 9.43. The average Bonchev–Trinajstić information content (AvgIpc) is 3.56. The largest absolute Gasteiger partial charge is 0.456 e. The van der Waals surface area contributed by atoms with Crippen LogP contribution in [-0.2, 0) is 13.1 Å². The normalized spacial score (nSPS) is 14.9. The van der Waals surface area contributed by atoms with Crippen LogP contribution in [0.2, 0.25) is 0 Å². The fourth-order valence-electron chi connectivity index (χ4n) is 4.67. The van der Waals surface area contributed by atoms with Crippen LogP contribution in [0.4, 0.5) is 16.4 Å². The molecule has 12 heteroatoms. The van der Waals surface area contributed by atoms with Crippen molar-refractivity contribution in [3.05, 3.63) is 77.5 Å². The molecule has 39 heavy (non-hydrogen) atoms. The number of fused-ring (bicyclic) bond motifs is 1. The monoisotopic (exact) mass is 530 g/mol. The van der Waals surface area contributed by atoms with E-state index < -0.39 is 11.5 Å². The lowest BCUT2D eigenvalue weighted by molar-refractivity contribution is 0.102. The lowest BCUT2D eigenvalue weighted by atomic mass is 10.2. The molecule has 202 valence electrons. The molecule has 12 nitrogen and oxygen atoms in total. The second-order valence-corrected chi connectivity index (χ2v) is 9.43. The van der Waals surface area contributed by atoms with Gasteiger partial charge in [0.1, 0.15) is 28.7 Å². The van der Waals surface area contributed by atoms with Crippen molar-refractivity contribution in [3.63, 3.8) is 0 Å². The van der Waals surface area contributed by atoms with Crippen molar-refractivity contribution in [2.24, 2.45) is 0 Å². The summed E-state index contributed by atoms with van der Waals surface area (Å²) in [7, 11) is 1.93. The molecular weight excluding hydrogens is 500 g/mol. The molecule has 0 bridgehead atoms. The third kappa shape index (κ3) is 5.46. The lowest BCUT2D eigenvalue weighted by Crippen LogP contribution is -2.33. The minimum absolute atomic E-state index is 0.0481. The van der Waals surface area contributed by atoms with E-state index >= 15 is 0 Å². The van der Waals surface area contributed by atoms with Crippen molar-refractivity contribution in [1.82, 2.24) is 29.1 Å². The zero-order chi connectivity index (χ0) is 27.5. The molecule has 0 aromatic carbocycles. The van der Waals surface area contributed by atoms with Crippen molar-refractivity contribution >= 4 is 29.3 Å². The van der Waals surface area contributed by atoms with Crippen LogP contribution in [0.1, 0.15) is 28.9 Å². The minimum Gasteiger partial charge on any atom is -0.456 e. The first-order valence-electron chi connectivity index (χ1n) is 12.7. The van der Waals surface area contributed by atoms with Gasteiger partial charge in [0, 0.05) is 38.4 Å². The van der Waals surface area contributed by atoms with E-state index in [9.17, 15) is 14.4 Å². The Labute approximate surface area is 225 Å². The van der Waals surface area contributed by atoms with E-state index in [1.54, 1.807) is 40.0 Å². The highest BCUT2D eigenvalue weighted by Crippen LogP contribution is 2.24. The fraction of sp³-hybridized carbons (Fsp3) is 0.296. The maximum atomic E-state index is 13.2. The van der Waals surface area contributed by atoms with E-state index in [1.807, 2.05) is 11.9 Å². The van der Waals surface area contributed by atoms with E-state index in [-0.39, 0.29) is 17.4 Å². The summed E-state index contributed by atoms with van der Waals surface area (Å²) in [5.74, 6) is 0.977. The predicted octanol–water partition coefficient (Wildman–Crippen LogP) is 3.21. The third-order valence-corrected chi connectivity index (χ3v) is 6.67. The highest BCUT2D eigenvalue weighted by Gasteiger charge is 2.29. The number of carbonyl (C=O) groups excluding carboxylic acids is 2. The van der Waals surface area contributed by atoms with Gasteiger partial charge in [-0.1, -0.05) is 13.2 Å². The number of pyridine rings is 2. The summed E-state index contributed by atoms with van der Waals surface area (Å²) in [5, 5.41) is 5.50. The number of aromatic nitrogens is 4. The van der Waals surface area contributed by atoms with E-state index in [1.165, 1.54) is 17.0 Å². The highest BCUT2D eigenvalue weighted by atomic mass is 16.5. The van der Waals surface area contributed by atoms with Gasteiger partial charge in [0.05, 0.1) is 24.1 Å². The van der Waals surface area contributed by atoms with Gasteiger partial charge in [0.2, 0.25) is 0 Å². The van der Waals surface area contributed by atoms with Gasteiger partial charge in [-0.2, -0.15) is 0 Å². The van der Waals surface area contributed by atoms with Crippen molar-refractivity contribution < 1.29 is 14.3 Å². The van der Waals surface area contributed by atoms with Crippen molar-refractivity contribution in [3.8, 4) is 11.5 Å². The van der Waals surface area contributed by atoms with Gasteiger partial charge >= 0.3 is 6.03 Å². The number of amides is 3. The van der Waals surface area contributed by atoms with Crippen molar-refractivity contribution in [2.45, 2.75) is 25.9 Å². The number of nitrogens with zero attached hydrogens (tertiary/aromatic N) is 6. The van der Waals surface area contributed by atoms with Crippen LogP contribution in [0.25, 0.3) is 5.70 Å². The number of hydrogen-bond acceptors (Lipinski definition) is 7. The summed E-state index contributed by atoms with van der Waals surface area (Å²) < 4.78 is 9.03. The lowest BCUT2D eigenvalue weighted by Gasteiger charge is -2.26. The molecule has 2 aliphatic rings. The van der Waals surface area contributed by atoms with Gasteiger partial charge in [0.15, 0.2) is 0 Å². The molecular formula is C27H30N8O4. The molecule has 0 atom stereocenters. The number of hydrogen-bond donors (Lipinski definition) is 2. The van der Waals surface area contributed by atoms with E-state index in [4.69, 9.17) is 4.74 Å². The number of nitrogens with one attached hydrogen (secondary N) is 2. The Morgan fingerprint density at radius 2 is 1.82 bits per heavy atom. The van der Waals surface area contributed by atoms with Gasteiger partial charge in [-0.05, 0) is 44.2 Å². The molecule has 3 aromatic rings. The number of likely N-dealkylation sites (N-methyl/N-ethyl adjacent to an activating group) is 1. The van der Waals surface area contributed by atoms with E-state index in [0.29, 0.717) is 41.8 Å². The topological polar surface area (TPSA) is 127 Å². The smallest absolute Gasteiger partial charge is 0.323 e. The SMILES string of the molecule is C=CC(=C)n1c(=O)c(C(=O)Nc2ccc(Oc3ccnc(NC(=O)N4CCCC4)c3)cn2)c2n1CCN(C)C2. The highest BCUT2D eigenvalue weighted by molar-refractivity contribution is 6.04. The summed E-state index contributed by atoms with van der Waals surface area (Å²) in [5.41, 5.74) is 0.610.